The highest BCUT2D eigenvalue weighted by atomic mass is 79.9. The van der Waals surface area contributed by atoms with Crippen LogP contribution in [-0.2, 0) is 22.8 Å². The second-order valence-electron chi connectivity index (χ2n) is 4.14. The summed E-state index contributed by atoms with van der Waals surface area (Å²) in [5, 5.41) is 0.684. The molecule has 104 valence electrons. The predicted molar refractivity (Wildman–Crippen MR) is 88.0 cm³/mol. The summed E-state index contributed by atoms with van der Waals surface area (Å²) >= 11 is 13.7. The molecule has 0 radical (unpaired) electrons. The van der Waals surface area contributed by atoms with Gasteiger partial charge in [0, 0.05) is 15.1 Å². The van der Waals surface area contributed by atoms with Crippen molar-refractivity contribution in [1.82, 2.24) is 4.98 Å². The summed E-state index contributed by atoms with van der Waals surface area (Å²) in [6.07, 6.45) is 1.75. The lowest BCUT2D eigenvalue weighted by Gasteiger charge is -2.09. The van der Waals surface area contributed by atoms with Crippen LogP contribution in [0.15, 0.2) is 39.4 Å². The number of pyridine rings is 1. The molecule has 2 heterocycles. The summed E-state index contributed by atoms with van der Waals surface area (Å²) in [4.78, 5) is 4.35. The van der Waals surface area contributed by atoms with E-state index in [0.29, 0.717) is 11.6 Å². The lowest BCUT2D eigenvalue weighted by atomic mass is 10.2. The Bertz CT molecular complexity index is 652. The molecule has 7 heteroatoms. The van der Waals surface area contributed by atoms with Crippen LogP contribution in [0.3, 0.4) is 0 Å². The number of thiol groups is 1. The van der Waals surface area contributed by atoms with E-state index in [9.17, 15) is 0 Å². The lowest BCUT2D eigenvalue weighted by Crippen LogP contribution is -2.00. The molecule has 1 fully saturated rings. The third kappa shape index (κ3) is 3.49. The number of hydrogen-bond acceptors (Lipinski definition) is 3. The zero-order valence-corrected chi connectivity index (χ0v) is 14.8. The number of hydrogen-bond donors (Lipinski definition) is 0. The van der Waals surface area contributed by atoms with Crippen molar-refractivity contribution >= 4 is 55.5 Å². The molecule has 3 rings (SSSR count). The summed E-state index contributed by atoms with van der Waals surface area (Å²) in [6, 6.07) is 7.63. The first-order valence-electron chi connectivity index (χ1n) is 5.71. The normalized spacial score (nSPS) is 17.1. The summed E-state index contributed by atoms with van der Waals surface area (Å²) < 4.78 is 12.8. The van der Waals surface area contributed by atoms with Crippen molar-refractivity contribution in [3.05, 3.63) is 55.7 Å². The Hall–Kier alpha value is -0.270. The molecule has 0 amide bonds. The van der Waals surface area contributed by atoms with E-state index in [4.69, 9.17) is 20.5 Å². The van der Waals surface area contributed by atoms with Crippen LogP contribution in [0.2, 0.25) is 5.02 Å². The highest BCUT2D eigenvalue weighted by Crippen LogP contribution is 2.38. The summed E-state index contributed by atoms with van der Waals surface area (Å²) in [6.45, 7) is 0.449. The van der Waals surface area contributed by atoms with Crippen molar-refractivity contribution in [2.24, 2.45) is 0 Å². The Kier molecular flexibility index (Phi) is 4.57. The standard InChI is InChI=1S/C13H8Br2ClNO2S/c14-8-4-11(12(17-5-8)13-19-20-13)18-6-7-1-2-10(16)9(15)3-7/h1-5,13H,6H2/p+1/t13-/m1/s1. The number of halogens is 3. The topological polar surface area (TPSA) is 34.6 Å². The minimum Gasteiger partial charge on any atom is -0.487 e. The lowest BCUT2D eigenvalue weighted by molar-refractivity contribution is 0.296. The van der Waals surface area contributed by atoms with E-state index in [2.05, 4.69) is 36.8 Å². The zero-order chi connectivity index (χ0) is 14.1. The molecule has 1 aliphatic rings. The Labute approximate surface area is 142 Å². The summed E-state index contributed by atoms with van der Waals surface area (Å²) in [7, 11) is 0. The minimum atomic E-state index is 0.0371. The quantitative estimate of drug-likeness (QED) is 0.398. The van der Waals surface area contributed by atoms with Crippen LogP contribution in [0.25, 0.3) is 0 Å². The molecule has 2 aromatic rings. The van der Waals surface area contributed by atoms with Gasteiger partial charge in [0.1, 0.15) is 6.61 Å². The van der Waals surface area contributed by atoms with Gasteiger partial charge in [0.25, 0.3) is 0 Å². The van der Waals surface area contributed by atoms with Crippen molar-refractivity contribution in [1.29, 1.82) is 0 Å². The van der Waals surface area contributed by atoms with Gasteiger partial charge >= 0.3 is 5.44 Å². The Morgan fingerprint density at radius 3 is 2.85 bits per heavy atom. The van der Waals surface area contributed by atoms with Crippen molar-refractivity contribution < 1.29 is 8.92 Å². The van der Waals surface area contributed by atoms with E-state index < -0.39 is 0 Å². The molecule has 1 saturated heterocycles. The third-order valence-corrected chi connectivity index (χ3v) is 4.99. The van der Waals surface area contributed by atoms with E-state index >= 15 is 0 Å². The van der Waals surface area contributed by atoms with Crippen molar-refractivity contribution in [3.63, 3.8) is 0 Å². The van der Waals surface area contributed by atoms with E-state index in [0.717, 1.165) is 38.0 Å². The molecule has 1 aromatic carbocycles. The molecular weight excluding hydrogens is 429 g/mol. The van der Waals surface area contributed by atoms with Crippen LogP contribution < -0.4 is 4.74 Å². The van der Waals surface area contributed by atoms with Gasteiger partial charge in [-0.05, 0) is 55.6 Å². The monoisotopic (exact) mass is 436 g/mol. The fraction of sp³-hybridized carbons (Fsp3) is 0.154. The first-order chi connectivity index (χ1) is 9.63. The number of ether oxygens (including phenoxy) is 1. The van der Waals surface area contributed by atoms with Gasteiger partial charge in [-0.15, -0.1) is 4.18 Å². The van der Waals surface area contributed by atoms with Crippen molar-refractivity contribution in [2.75, 3.05) is 0 Å². The highest BCUT2D eigenvalue weighted by molar-refractivity contribution is 9.10. The fourth-order valence-electron chi connectivity index (χ4n) is 1.65. The van der Waals surface area contributed by atoms with Crippen molar-refractivity contribution in [3.8, 4) is 5.75 Å². The second-order valence-corrected chi connectivity index (χ2v) is 7.21. The van der Waals surface area contributed by atoms with Crippen LogP contribution in [0.5, 0.6) is 5.75 Å². The van der Waals surface area contributed by atoms with E-state index in [1.165, 1.54) is 0 Å². The number of benzene rings is 1. The minimum absolute atomic E-state index is 0.0371. The van der Waals surface area contributed by atoms with Gasteiger partial charge < -0.3 is 4.74 Å². The van der Waals surface area contributed by atoms with Gasteiger partial charge in [-0.3, -0.25) is 0 Å². The average molecular weight is 439 g/mol. The molecule has 1 atom stereocenters. The summed E-state index contributed by atoms with van der Waals surface area (Å²) in [5.41, 5.74) is 1.90. The molecule has 20 heavy (non-hydrogen) atoms. The molecule has 0 aliphatic carbocycles. The van der Waals surface area contributed by atoms with Crippen LogP contribution >= 0.6 is 43.5 Å². The second kappa shape index (κ2) is 6.23. The molecule has 0 bridgehead atoms. The zero-order valence-electron chi connectivity index (χ0n) is 10.0. The van der Waals surface area contributed by atoms with Crippen LogP contribution in [0, 0.1) is 0 Å². The predicted octanol–water partition coefficient (Wildman–Crippen LogP) is 4.60. The molecule has 1 aromatic heterocycles. The first kappa shape index (κ1) is 14.7. The van der Waals surface area contributed by atoms with Gasteiger partial charge in [-0.1, -0.05) is 17.7 Å². The largest absolute Gasteiger partial charge is 0.487 e. The van der Waals surface area contributed by atoms with Crippen molar-refractivity contribution in [2.45, 2.75) is 12.0 Å². The van der Waals surface area contributed by atoms with E-state index in [-0.39, 0.29) is 5.44 Å². The first-order valence-corrected chi connectivity index (χ1v) is 8.56. The smallest absolute Gasteiger partial charge is 0.342 e. The summed E-state index contributed by atoms with van der Waals surface area (Å²) in [5.74, 6) is 0.737. The van der Waals surface area contributed by atoms with Gasteiger partial charge in [0.2, 0.25) is 0 Å². The fourth-order valence-corrected chi connectivity index (χ4v) is 2.96. The van der Waals surface area contributed by atoms with Crippen LogP contribution in [0.1, 0.15) is 16.7 Å². The Balaban J connectivity index is 1.77. The highest BCUT2D eigenvalue weighted by Gasteiger charge is 2.44. The Morgan fingerprint density at radius 1 is 1.35 bits per heavy atom. The maximum Gasteiger partial charge on any atom is 0.342 e. The third-order valence-electron chi connectivity index (χ3n) is 2.67. The number of nitrogens with zero attached hydrogens (tertiary/aromatic N) is 1. The molecule has 0 N–H and O–H groups in total. The van der Waals surface area contributed by atoms with Gasteiger partial charge in [0.05, 0.1) is 5.02 Å². The molecule has 3 nitrogen and oxygen atoms in total. The maximum absolute atomic E-state index is 5.97. The molecular formula is C13H9Br2ClNO2S+. The van der Waals surface area contributed by atoms with Gasteiger partial charge in [-0.2, -0.15) is 0 Å². The van der Waals surface area contributed by atoms with Crippen LogP contribution in [-0.4, -0.2) is 4.98 Å². The SMILES string of the molecule is Clc1ccc(COc2cc(Br)cnc2[C@@H]2O[SH+]2)cc1Br. The van der Waals surface area contributed by atoms with Gasteiger partial charge in [-0.25, -0.2) is 4.98 Å². The molecule has 0 spiro atoms. The van der Waals surface area contributed by atoms with Crippen LogP contribution in [0.4, 0.5) is 0 Å². The number of rotatable bonds is 4. The molecule has 1 aliphatic heterocycles. The maximum atomic E-state index is 5.97. The molecule has 0 unspecified atom stereocenters. The molecule has 0 saturated carbocycles. The van der Waals surface area contributed by atoms with E-state index in [1.807, 2.05) is 24.3 Å². The van der Waals surface area contributed by atoms with Gasteiger partial charge in [0.15, 0.2) is 23.5 Å². The average Bonchev–Trinajstić information content (AvgIpc) is 3.25. The Morgan fingerprint density at radius 2 is 2.15 bits per heavy atom. The number of aromatic nitrogens is 1. The van der Waals surface area contributed by atoms with E-state index in [1.54, 1.807) is 6.20 Å².